The molecule has 20 heavy (non-hydrogen) atoms. The van der Waals surface area contributed by atoms with E-state index in [2.05, 4.69) is 5.32 Å². The van der Waals surface area contributed by atoms with Gasteiger partial charge < -0.3 is 15.8 Å². The monoisotopic (exact) mass is 298 g/mol. The van der Waals surface area contributed by atoms with E-state index in [1.807, 2.05) is 0 Å². The molecule has 1 aliphatic heterocycles. The van der Waals surface area contributed by atoms with Crippen LogP contribution in [0.1, 0.15) is 22.3 Å². The summed E-state index contributed by atoms with van der Waals surface area (Å²) in [6, 6.07) is 2.37. The quantitative estimate of drug-likeness (QED) is 0.872. The highest BCUT2D eigenvalue weighted by atomic mass is 35.5. The third-order valence-corrected chi connectivity index (χ3v) is 4.74. The van der Waals surface area contributed by atoms with Crippen molar-refractivity contribution in [2.75, 3.05) is 6.61 Å². The second-order valence-corrected chi connectivity index (χ2v) is 5.80. The van der Waals surface area contributed by atoms with E-state index in [9.17, 15) is 9.18 Å². The number of rotatable bonds is 2. The van der Waals surface area contributed by atoms with E-state index in [0.717, 1.165) is 6.42 Å². The van der Waals surface area contributed by atoms with Crippen LogP contribution in [0.25, 0.3) is 0 Å². The highest BCUT2D eigenvalue weighted by molar-refractivity contribution is 6.34. The highest BCUT2D eigenvalue weighted by Crippen LogP contribution is 2.38. The maximum atomic E-state index is 13.8. The van der Waals surface area contributed by atoms with Gasteiger partial charge in [0.05, 0.1) is 22.7 Å². The van der Waals surface area contributed by atoms with Crippen molar-refractivity contribution < 1.29 is 13.9 Å². The number of halogens is 2. The Balaban J connectivity index is 1.79. The van der Waals surface area contributed by atoms with Gasteiger partial charge in [-0.1, -0.05) is 17.7 Å². The summed E-state index contributed by atoms with van der Waals surface area (Å²) < 4.78 is 19.3. The average Bonchev–Trinajstić information content (AvgIpc) is 2.85. The fourth-order valence-electron chi connectivity index (χ4n) is 3.02. The Hall–Kier alpha value is -1.17. The van der Waals surface area contributed by atoms with E-state index in [0.29, 0.717) is 12.2 Å². The summed E-state index contributed by atoms with van der Waals surface area (Å²) in [6.07, 6.45) is 0.859. The summed E-state index contributed by atoms with van der Waals surface area (Å²) in [5, 5.41) is 2.89. The number of ether oxygens (including phenoxy) is 1. The lowest BCUT2D eigenvalue weighted by molar-refractivity contribution is -0.0161. The van der Waals surface area contributed by atoms with Gasteiger partial charge in [-0.05, 0) is 25.0 Å². The number of benzene rings is 1. The van der Waals surface area contributed by atoms with Gasteiger partial charge in [0.2, 0.25) is 0 Å². The predicted octanol–water partition coefficient (Wildman–Crippen LogP) is 1.63. The van der Waals surface area contributed by atoms with E-state index < -0.39 is 11.7 Å². The number of aryl methyl sites for hydroxylation is 1. The van der Waals surface area contributed by atoms with Gasteiger partial charge in [-0.25, -0.2) is 4.39 Å². The van der Waals surface area contributed by atoms with Gasteiger partial charge in [-0.15, -0.1) is 0 Å². The SMILES string of the molecule is Cc1ccc(F)c(C(=O)N[C@@H]2[C@@H](N)[C@H]3CCO[C@H]32)c1Cl. The molecule has 1 amide bonds. The molecular weight excluding hydrogens is 283 g/mol. The first-order chi connectivity index (χ1) is 9.50. The van der Waals surface area contributed by atoms with Crippen LogP contribution in [0.3, 0.4) is 0 Å². The lowest BCUT2D eigenvalue weighted by Crippen LogP contribution is -2.69. The number of nitrogens with two attached hydrogens (primary N) is 1. The lowest BCUT2D eigenvalue weighted by Gasteiger charge is -2.45. The molecule has 3 N–H and O–H groups in total. The van der Waals surface area contributed by atoms with Gasteiger partial charge in [0, 0.05) is 18.6 Å². The molecule has 4 nitrogen and oxygen atoms in total. The van der Waals surface area contributed by atoms with E-state index in [1.165, 1.54) is 6.07 Å². The number of nitrogens with one attached hydrogen (secondary N) is 1. The fraction of sp³-hybridized carbons (Fsp3) is 0.500. The number of carbonyl (C=O) groups is 1. The summed E-state index contributed by atoms with van der Waals surface area (Å²) >= 11 is 6.02. The third-order valence-electron chi connectivity index (χ3n) is 4.26. The fourth-order valence-corrected chi connectivity index (χ4v) is 3.26. The minimum Gasteiger partial charge on any atom is -0.376 e. The molecule has 1 aliphatic carbocycles. The van der Waals surface area contributed by atoms with Crippen LogP contribution in [0.5, 0.6) is 0 Å². The van der Waals surface area contributed by atoms with Crippen molar-refractivity contribution >= 4 is 17.5 Å². The van der Waals surface area contributed by atoms with E-state index >= 15 is 0 Å². The van der Waals surface area contributed by atoms with Crippen LogP contribution in [-0.2, 0) is 4.74 Å². The maximum absolute atomic E-state index is 13.8. The minimum atomic E-state index is -0.630. The molecule has 2 aliphatic rings. The Morgan fingerprint density at radius 3 is 3.05 bits per heavy atom. The van der Waals surface area contributed by atoms with Crippen molar-refractivity contribution in [2.45, 2.75) is 31.5 Å². The molecule has 0 radical (unpaired) electrons. The first-order valence-corrected chi connectivity index (χ1v) is 7.01. The van der Waals surface area contributed by atoms with Gasteiger partial charge >= 0.3 is 0 Å². The molecule has 2 fully saturated rings. The van der Waals surface area contributed by atoms with Crippen molar-refractivity contribution in [1.82, 2.24) is 5.32 Å². The Labute approximate surface area is 121 Å². The number of fused-ring (bicyclic) bond motifs is 1. The number of hydrogen-bond acceptors (Lipinski definition) is 3. The van der Waals surface area contributed by atoms with Crippen molar-refractivity contribution in [3.8, 4) is 0 Å². The van der Waals surface area contributed by atoms with Crippen LogP contribution in [0.2, 0.25) is 5.02 Å². The predicted molar refractivity (Wildman–Crippen MR) is 73.2 cm³/mol. The summed E-state index contributed by atoms with van der Waals surface area (Å²) in [5.41, 5.74) is 6.55. The second-order valence-electron chi connectivity index (χ2n) is 5.42. The van der Waals surface area contributed by atoms with Crippen molar-refractivity contribution in [3.63, 3.8) is 0 Å². The Kier molecular flexibility index (Phi) is 3.44. The van der Waals surface area contributed by atoms with E-state index in [1.54, 1.807) is 13.0 Å². The Morgan fingerprint density at radius 1 is 1.55 bits per heavy atom. The first-order valence-electron chi connectivity index (χ1n) is 6.63. The lowest BCUT2D eigenvalue weighted by atomic mass is 9.72. The van der Waals surface area contributed by atoms with Gasteiger partial charge in [0.25, 0.3) is 5.91 Å². The Bertz CT molecular complexity index is 566. The zero-order valence-electron chi connectivity index (χ0n) is 11.0. The molecule has 1 aromatic carbocycles. The molecule has 0 aromatic heterocycles. The normalized spacial score (nSPS) is 31.6. The minimum absolute atomic E-state index is 0.0550. The van der Waals surface area contributed by atoms with Gasteiger partial charge in [-0.2, -0.15) is 0 Å². The molecule has 0 spiro atoms. The van der Waals surface area contributed by atoms with Crippen molar-refractivity contribution in [3.05, 3.63) is 34.1 Å². The van der Waals surface area contributed by atoms with Crippen LogP contribution in [0.4, 0.5) is 4.39 Å². The standard InChI is InChI=1S/C14H16ClFN2O2/c1-6-2-3-8(16)9(10(6)15)14(19)18-12-11(17)7-4-5-20-13(7)12/h2-3,7,11-13H,4-5,17H2,1H3,(H,18,19)/t7-,11+,12-,13-/m1/s1. The van der Waals surface area contributed by atoms with Crippen molar-refractivity contribution in [2.24, 2.45) is 11.7 Å². The molecule has 108 valence electrons. The second kappa shape index (κ2) is 4.98. The first kappa shape index (κ1) is 13.8. The zero-order chi connectivity index (χ0) is 14.4. The van der Waals surface area contributed by atoms with Crippen molar-refractivity contribution in [1.29, 1.82) is 0 Å². The molecule has 1 saturated heterocycles. The molecule has 6 heteroatoms. The molecule has 3 rings (SSSR count). The van der Waals surface area contributed by atoms with Crippen LogP contribution in [0, 0.1) is 18.7 Å². The smallest absolute Gasteiger partial charge is 0.256 e. The number of hydrogen-bond donors (Lipinski definition) is 2. The zero-order valence-corrected chi connectivity index (χ0v) is 11.8. The maximum Gasteiger partial charge on any atom is 0.256 e. The summed E-state index contributed by atoms with van der Waals surface area (Å²) in [6.45, 7) is 2.39. The largest absolute Gasteiger partial charge is 0.376 e. The van der Waals surface area contributed by atoms with E-state index in [-0.39, 0.29) is 34.7 Å². The van der Waals surface area contributed by atoms with Crippen LogP contribution in [-0.4, -0.2) is 30.7 Å². The molecule has 1 heterocycles. The molecule has 1 saturated carbocycles. The highest BCUT2D eigenvalue weighted by Gasteiger charge is 2.52. The molecule has 1 aromatic rings. The van der Waals surface area contributed by atoms with Gasteiger partial charge in [-0.3, -0.25) is 4.79 Å². The molecule has 4 atom stereocenters. The summed E-state index contributed by atoms with van der Waals surface area (Å²) in [4.78, 5) is 12.2. The number of amides is 1. The summed E-state index contributed by atoms with van der Waals surface area (Å²) in [5.74, 6) is -0.876. The Morgan fingerprint density at radius 2 is 2.30 bits per heavy atom. The summed E-state index contributed by atoms with van der Waals surface area (Å²) in [7, 11) is 0. The van der Waals surface area contributed by atoms with Crippen LogP contribution >= 0.6 is 11.6 Å². The van der Waals surface area contributed by atoms with Gasteiger partial charge in [0.15, 0.2) is 0 Å². The van der Waals surface area contributed by atoms with E-state index in [4.69, 9.17) is 22.1 Å². The van der Waals surface area contributed by atoms with Gasteiger partial charge in [0.1, 0.15) is 5.82 Å². The average molecular weight is 299 g/mol. The molecular formula is C14H16ClFN2O2. The topological polar surface area (TPSA) is 64.4 Å². The van der Waals surface area contributed by atoms with Crippen LogP contribution < -0.4 is 11.1 Å². The third kappa shape index (κ3) is 2.01. The number of carbonyl (C=O) groups excluding carboxylic acids is 1. The molecule has 0 unspecified atom stereocenters. The van der Waals surface area contributed by atoms with Crippen LogP contribution in [0.15, 0.2) is 12.1 Å². The molecule has 0 bridgehead atoms.